The second kappa shape index (κ2) is 6.53. The lowest BCUT2D eigenvalue weighted by molar-refractivity contribution is 0.0530. The van der Waals surface area contributed by atoms with Gasteiger partial charge in [-0.15, -0.1) is 0 Å². The minimum Gasteiger partial charge on any atom is -0.507 e. The third-order valence-electron chi connectivity index (χ3n) is 3.89. The fraction of sp³-hybridized carbons (Fsp3) is 0.250. The highest BCUT2D eigenvalue weighted by molar-refractivity contribution is 5.97. The zero-order valence-electron chi connectivity index (χ0n) is 12.8. The topological polar surface area (TPSA) is 107 Å². The van der Waals surface area contributed by atoms with Crippen LogP contribution in [0.3, 0.4) is 0 Å². The van der Waals surface area contributed by atoms with Crippen LogP contribution >= 0.6 is 0 Å². The lowest BCUT2D eigenvalue weighted by Gasteiger charge is -2.34. The first-order valence-electron chi connectivity index (χ1n) is 7.48. The van der Waals surface area contributed by atoms with Crippen molar-refractivity contribution < 1.29 is 14.7 Å². The number of phenols is 1. The van der Waals surface area contributed by atoms with Gasteiger partial charge in [0, 0.05) is 32.2 Å². The molecular formula is C16H16N4O4. The summed E-state index contributed by atoms with van der Waals surface area (Å²) >= 11 is 0. The van der Waals surface area contributed by atoms with Gasteiger partial charge < -0.3 is 14.9 Å². The van der Waals surface area contributed by atoms with E-state index in [-0.39, 0.29) is 34.4 Å². The number of nitrogens with one attached hydrogen (secondary N) is 1. The van der Waals surface area contributed by atoms with Gasteiger partial charge in [0.25, 0.3) is 17.4 Å². The summed E-state index contributed by atoms with van der Waals surface area (Å²) in [4.78, 5) is 38.9. The molecule has 0 spiro atoms. The number of hydrogen-bond donors (Lipinski definition) is 2. The van der Waals surface area contributed by atoms with Gasteiger partial charge in [0.15, 0.2) is 0 Å². The van der Waals surface area contributed by atoms with Gasteiger partial charge in [-0.3, -0.25) is 14.4 Å². The Kier molecular flexibility index (Phi) is 4.28. The highest BCUT2D eigenvalue weighted by atomic mass is 16.3. The van der Waals surface area contributed by atoms with Crippen LogP contribution in [0.2, 0.25) is 0 Å². The van der Waals surface area contributed by atoms with Crippen LogP contribution in [0, 0.1) is 0 Å². The molecule has 2 N–H and O–H groups in total. The number of amides is 2. The molecule has 0 unspecified atom stereocenters. The molecule has 24 heavy (non-hydrogen) atoms. The van der Waals surface area contributed by atoms with Crippen LogP contribution in [-0.2, 0) is 0 Å². The van der Waals surface area contributed by atoms with Crippen molar-refractivity contribution in [3.05, 3.63) is 58.0 Å². The molecule has 2 aromatic rings. The first-order chi connectivity index (χ1) is 11.6. The molecule has 3 rings (SSSR count). The molecule has 1 aliphatic heterocycles. The van der Waals surface area contributed by atoms with Gasteiger partial charge >= 0.3 is 0 Å². The number of H-pyrrole nitrogens is 1. The first-order valence-corrected chi connectivity index (χ1v) is 7.48. The predicted octanol–water partition coefficient (Wildman–Crippen LogP) is 0.0737. The third kappa shape index (κ3) is 3.12. The van der Waals surface area contributed by atoms with Crippen molar-refractivity contribution in [3.63, 3.8) is 0 Å². The van der Waals surface area contributed by atoms with Gasteiger partial charge in [0.2, 0.25) is 0 Å². The standard InChI is InChI=1S/C16H16N4O4/c21-13-4-2-1-3-11(13)15(23)19-7-9-20(10-8-19)16(24)12-5-6-14(22)18-17-12/h1-6,21H,7-10H2,(H,18,22). The molecule has 0 radical (unpaired) electrons. The monoisotopic (exact) mass is 328 g/mol. The Hall–Kier alpha value is -3.16. The van der Waals surface area contributed by atoms with Crippen LogP contribution in [0.4, 0.5) is 0 Å². The number of para-hydroxylation sites is 1. The van der Waals surface area contributed by atoms with Crippen molar-refractivity contribution >= 4 is 11.8 Å². The number of rotatable bonds is 2. The Bertz CT molecular complexity index is 804. The van der Waals surface area contributed by atoms with Gasteiger partial charge in [-0.2, -0.15) is 5.10 Å². The van der Waals surface area contributed by atoms with Gasteiger partial charge in [0.05, 0.1) is 5.56 Å². The van der Waals surface area contributed by atoms with Gasteiger partial charge in [-0.1, -0.05) is 12.1 Å². The summed E-state index contributed by atoms with van der Waals surface area (Å²) in [5, 5.41) is 15.7. The minimum atomic E-state index is -0.371. The van der Waals surface area contributed by atoms with Crippen molar-refractivity contribution in [3.8, 4) is 5.75 Å². The van der Waals surface area contributed by atoms with Crippen molar-refractivity contribution in [1.82, 2.24) is 20.0 Å². The summed E-state index contributed by atoms with van der Waals surface area (Å²) in [5.74, 6) is -0.610. The molecule has 1 aromatic carbocycles. The first kappa shape index (κ1) is 15.7. The van der Waals surface area contributed by atoms with Crippen LogP contribution in [0.5, 0.6) is 5.75 Å². The summed E-state index contributed by atoms with van der Waals surface area (Å²) in [7, 11) is 0. The zero-order valence-corrected chi connectivity index (χ0v) is 12.8. The second-order valence-corrected chi connectivity index (χ2v) is 5.41. The van der Waals surface area contributed by atoms with Crippen LogP contribution in [-0.4, -0.2) is 63.1 Å². The fourth-order valence-corrected chi connectivity index (χ4v) is 2.56. The highest BCUT2D eigenvalue weighted by Gasteiger charge is 2.27. The van der Waals surface area contributed by atoms with E-state index in [9.17, 15) is 19.5 Å². The second-order valence-electron chi connectivity index (χ2n) is 5.41. The molecule has 8 heteroatoms. The molecule has 0 aliphatic carbocycles. The molecule has 124 valence electrons. The number of phenolic OH excluding ortho intramolecular Hbond substituents is 1. The minimum absolute atomic E-state index is 0.0570. The number of piperazine rings is 1. The Balaban J connectivity index is 1.64. The van der Waals surface area contributed by atoms with E-state index in [0.717, 1.165) is 0 Å². The van der Waals surface area contributed by atoms with Crippen LogP contribution in [0.25, 0.3) is 0 Å². The van der Waals surface area contributed by atoms with Crippen LogP contribution in [0.15, 0.2) is 41.2 Å². The van der Waals surface area contributed by atoms with E-state index in [1.54, 1.807) is 28.0 Å². The van der Waals surface area contributed by atoms with E-state index in [4.69, 9.17) is 0 Å². The Morgan fingerprint density at radius 1 is 0.958 bits per heavy atom. The number of nitrogens with zero attached hydrogens (tertiary/aromatic N) is 3. The summed E-state index contributed by atoms with van der Waals surface area (Å²) in [6, 6.07) is 9.00. The number of hydrogen-bond acceptors (Lipinski definition) is 5. The lowest BCUT2D eigenvalue weighted by Crippen LogP contribution is -2.50. The molecule has 2 heterocycles. The predicted molar refractivity (Wildman–Crippen MR) is 84.8 cm³/mol. The van der Waals surface area contributed by atoms with E-state index in [0.29, 0.717) is 26.2 Å². The quantitative estimate of drug-likeness (QED) is 0.811. The van der Waals surface area contributed by atoms with E-state index < -0.39 is 0 Å². The molecule has 0 atom stereocenters. The molecule has 2 amide bonds. The van der Waals surface area contributed by atoms with Crippen LogP contribution < -0.4 is 5.56 Å². The van der Waals surface area contributed by atoms with E-state index in [1.807, 2.05) is 0 Å². The molecule has 0 saturated carbocycles. The van der Waals surface area contributed by atoms with E-state index in [1.165, 1.54) is 18.2 Å². The van der Waals surface area contributed by atoms with Gasteiger partial charge in [0.1, 0.15) is 11.4 Å². The normalized spacial score (nSPS) is 14.5. The average molecular weight is 328 g/mol. The smallest absolute Gasteiger partial charge is 0.274 e. The number of benzene rings is 1. The number of carbonyl (C=O) groups excluding carboxylic acids is 2. The Labute approximate surface area is 137 Å². The molecule has 8 nitrogen and oxygen atoms in total. The van der Waals surface area contributed by atoms with Crippen molar-refractivity contribution in [2.24, 2.45) is 0 Å². The summed E-state index contributed by atoms with van der Waals surface area (Å²) in [5.41, 5.74) is 0.0410. The number of carbonyl (C=O) groups is 2. The molecule has 0 bridgehead atoms. The Morgan fingerprint density at radius 2 is 1.58 bits per heavy atom. The van der Waals surface area contributed by atoms with Crippen LogP contribution in [0.1, 0.15) is 20.8 Å². The largest absolute Gasteiger partial charge is 0.507 e. The maximum atomic E-state index is 12.4. The summed E-state index contributed by atoms with van der Waals surface area (Å²) in [6.07, 6.45) is 0. The van der Waals surface area contributed by atoms with Crippen molar-refractivity contribution in [1.29, 1.82) is 0 Å². The maximum absolute atomic E-state index is 12.4. The van der Waals surface area contributed by atoms with E-state index >= 15 is 0 Å². The molecular weight excluding hydrogens is 312 g/mol. The summed E-state index contributed by atoms with van der Waals surface area (Å²) < 4.78 is 0. The van der Waals surface area contributed by atoms with Crippen molar-refractivity contribution in [2.75, 3.05) is 26.2 Å². The molecule has 1 aromatic heterocycles. The lowest BCUT2D eigenvalue weighted by atomic mass is 10.1. The van der Waals surface area contributed by atoms with E-state index in [2.05, 4.69) is 10.2 Å². The number of aromatic hydroxyl groups is 1. The maximum Gasteiger partial charge on any atom is 0.274 e. The molecule has 1 saturated heterocycles. The van der Waals surface area contributed by atoms with Gasteiger partial charge in [-0.05, 0) is 18.2 Å². The summed E-state index contributed by atoms with van der Waals surface area (Å²) in [6.45, 7) is 1.45. The highest BCUT2D eigenvalue weighted by Crippen LogP contribution is 2.19. The van der Waals surface area contributed by atoms with Crippen molar-refractivity contribution in [2.45, 2.75) is 0 Å². The zero-order chi connectivity index (χ0) is 17.1. The number of aromatic amines is 1. The third-order valence-corrected chi connectivity index (χ3v) is 3.89. The Morgan fingerprint density at radius 3 is 2.17 bits per heavy atom. The van der Waals surface area contributed by atoms with Gasteiger partial charge in [-0.25, -0.2) is 5.10 Å². The molecule has 1 aliphatic rings. The average Bonchev–Trinajstić information content (AvgIpc) is 2.62. The fourth-order valence-electron chi connectivity index (χ4n) is 2.56. The SMILES string of the molecule is O=C(c1ccc(=O)[nH]n1)N1CCN(C(=O)c2ccccc2O)CC1. The molecule has 1 fully saturated rings. The number of aromatic nitrogens is 2.